The van der Waals surface area contributed by atoms with Crippen molar-refractivity contribution < 1.29 is 14.3 Å². The maximum Gasteiger partial charge on any atom is 0.293 e. The van der Waals surface area contributed by atoms with E-state index in [0.29, 0.717) is 19.5 Å². The Hall–Kier alpha value is -2.31. The summed E-state index contributed by atoms with van der Waals surface area (Å²) in [6.45, 7) is 1.72. The summed E-state index contributed by atoms with van der Waals surface area (Å²) in [5, 5.41) is 0. The third kappa shape index (κ3) is 4.34. The third-order valence-electron chi connectivity index (χ3n) is 4.06. The van der Waals surface area contributed by atoms with Crippen LogP contribution in [0.15, 0.2) is 23.1 Å². The molecule has 0 spiro atoms. The molecule has 1 fully saturated rings. The molecular formula is C16H23N3O4. The summed E-state index contributed by atoms with van der Waals surface area (Å²) < 4.78 is 6.29. The van der Waals surface area contributed by atoms with E-state index in [2.05, 4.69) is 0 Å². The molecule has 0 aliphatic carbocycles. The molecule has 126 valence electrons. The van der Waals surface area contributed by atoms with E-state index in [1.165, 1.54) is 11.7 Å². The van der Waals surface area contributed by atoms with Crippen LogP contribution in [0.3, 0.4) is 0 Å². The number of likely N-dealkylation sites (N-methyl/N-ethyl adjacent to an activating group) is 1. The highest BCUT2D eigenvalue weighted by Crippen LogP contribution is 2.10. The van der Waals surface area contributed by atoms with Gasteiger partial charge < -0.3 is 19.1 Å². The lowest BCUT2D eigenvalue weighted by Crippen LogP contribution is -2.42. The number of ether oxygens (including phenoxy) is 1. The number of nitrogens with zero attached hydrogens (tertiary/aromatic N) is 3. The highest BCUT2D eigenvalue weighted by molar-refractivity contribution is 5.77. The number of aromatic nitrogens is 1. The van der Waals surface area contributed by atoms with Gasteiger partial charge in [-0.05, 0) is 25.0 Å². The van der Waals surface area contributed by atoms with E-state index in [0.717, 1.165) is 19.4 Å². The summed E-state index contributed by atoms with van der Waals surface area (Å²) in [6.07, 6.45) is 4.12. The number of likely N-dealkylation sites (tertiary alicyclic amines) is 1. The monoisotopic (exact) mass is 321 g/mol. The minimum Gasteiger partial charge on any atom is -0.491 e. The lowest BCUT2D eigenvalue weighted by molar-refractivity contribution is -0.136. The Bertz CT molecular complexity index is 626. The molecule has 0 unspecified atom stereocenters. The predicted octanol–water partition coefficient (Wildman–Crippen LogP) is 0.328. The van der Waals surface area contributed by atoms with E-state index in [-0.39, 0.29) is 29.7 Å². The van der Waals surface area contributed by atoms with Crippen molar-refractivity contribution in [2.45, 2.75) is 25.8 Å². The van der Waals surface area contributed by atoms with E-state index < -0.39 is 0 Å². The molecule has 0 saturated carbocycles. The highest BCUT2D eigenvalue weighted by atomic mass is 16.5. The van der Waals surface area contributed by atoms with Crippen molar-refractivity contribution in [1.29, 1.82) is 0 Å². The second kappa shape index (κ2) is 7.80. The molecule has 1 saturated heterocycles. The average Bonchev–Trinajstić information content (AvgIpc) is 2.55. The van der Waals surface area contributed by atoms with E-state index in [4.69, 9.17) is 4.74 Å². The minimum absolute atomic E-state index is 0.0412. The van der Waals surface area contributed by atoms with Gasteiger partial charge in [-0.2, -0.15) is 0 Å². The fourth-order valence-corrected chi connectivity index (χ4v) is 2.55. The minimum atomic E-state index is -0.331. The van der Waals surface area contributed by atoms with Crippen LogP contribution in [0.1, 0.15) is 19.3 Å². The van der Waals surface area contributed by atoms with E-state index >= 15 is 0 Å². The largest absolute Gasteiger partial charge is 0.491 e. The fraction of sp³-hybridized carbons (Fsp3) is 0.562. The van der Waals surface area contributed by atoms with Crippen molar-refractivity contribution in [2.75, 3.05) is 33.8 Å². The number of methoxy groups -OCH3 is 1. The van der Waals surface area contributed by atoms with Crippen molar-refractivity contribution in [3.63, 3.8) is 0 Å². The van der Waals surface area contributed by atoms with Crippen LogP contribution in [0.4, 0.5) is 0 Å². The smallest absolute Gasteiger partial charge is 0.293 e. The molecule has 1 aromatic rings. The number of hydrogen-bond donors (Lipinski definition) is 0. The number of amides is 2. The number of carbonyl (C=O) groups excluding carboxylic acids is 2. The Morgan fingerprint density at radius 2 is 2.13 bits per heavy atom. The predicted molar refractivity (Wildman–Crippen MR) is 85.3 cm³/mol. The molecule has 2 rings (SSSR count). The highest BCUT2D eigenvalue weighted by Gasteiger charge is 2.19. The summed E-state index contributed by atoms with van der Waals surface area (Å²) in [4.78, 5) is 39.4. The maximum atomic E-state index is 12.2. The summed E-state index contributed by atoms with van der Waals surface area (Å²) >= 11 is 0. The topological polar surface area (TPSA) is 71.8 Å². The van der Waals surface area contributed by atoms with Crippen LogP contribution in [0, 0.1) is 0 Å². The first-order chi connectivity index (χ1) is 11.0. The SMILES string of the molecule is COc1cccn(CC(=O)N(C)CCN2CCCCC2=O)c1=O. The molecule has 2 amide bonds. The van der Waals surface area contributed by atoms with Gasteiger partial charge in [0.2, 0.25) is 11.8 Å². The van der Waals surface area contributed by atoms with Crippen molar-refractivity contribution >= 4 is 11.8 Å². The fourth-order valence-electron chi connectivity index (χ4n) is 2.55. The van der Waals surface area contributed by atoms with Gasteiger partial charge in [0.15, 0.2) is 5.75 Å². The second-order valence-electron chi connectivity index (χ2n) is 5.66. The zero-order valence-corrected chi connectivity index (χ0v) is 13.7. The Labute approximate surface area is 135 Å². The van der Waals surface area contributed by atoms with Crippen LogP contribution in [0.2, 0.25) is 0 Å². The Morgan fingerprint density at radius 1 is 1.35 bits per heavy atom. The molecule has 2 heterocycles. The molecule has 0 bridgehead atoms. The summed E-state index contributed by atoms with van der Waals surface area (Å²) in [5.74, 6) is 0.188. The van der Waals surface area contributed by atoms with Gasteiger partial charge in [-0.3, -0.25) is 14.4 Å². The van der Waals surface area contributed by atoms with E-state index in [9.17, 15) is 14.4 Å². The molecular weight excluding hydrogens is 298 g/mol. The molecule has 1 aromatic heterocycles. The van der Waals surface area contributed by atoms with Gasteiger partial charge in [0, 0.05) is 39.3 Å². The Morgan fingerprint density at radius 3 is 2.83 bits per heavy atom. The first-order valence-electron chi connectivity index (χ1n) is 7.78. The average molecular weight is 321 g/mol. The molecule has 0 aromatic carbocycles. The number of pyridine rings is 1. The Kier molecular flexibility index (Phi) is 5.78. The molecule has 0 radical (unpaired) electrons. The molecule has 7 heteroatoms. The molecule has 0 atom stereocenters. The lowest BCUT2D eigenvalue weighted by Gasteiger charge is -2.28. The number of rotatable bonds is 6. The van der Waals surface area contributed by atoms with Gasteiger partial charge in [-0.1, -0.05) is 0 Å². The maximum absolute atomic E-state index is 12.2. The van der Waals surface area contributed by atoms with Crippen LogP contribution >= 0.6 is 0 Å². The summed E-state index contributed by atoms with van der Waals surface area (Å²) in [5.41, 5.74) is -0.331. The zero-order chi connectivity index (χ0) is 16.8. The molecule has 1 aliphatic rings. The summed E-state index contributed by atoms with van der Waals surface area (Å²) in [7, 11) is 3.10. The van der Waals surface area contributed by atoms with Crippen LogP contribution in [-0.4, -0.2) is 60.0 Å². The lowest BCUT2D eigenvalue weighted by atomic mass is 10.1. The van der Waals surface area contributed by atoms with E-state index in [1.54, 1.807) is 35.2 Å². The molecule has 7 nitrogen and oxygen atoms in total. The normalized spacial score (nSPS) is 14.7. The summed E-state index contributed by atoms with van der Waals surface area (Å²) in [6, 6.07) is 3.23. The van der Waals surface area contributed by atoms with Gasteiger partial charge in [0.1, 0.15) is 6.54 Å². The van der Waals surface area contributed by atoms with Gasteiger partial charge in [-0.25, -0.2) is 0 Å². The van der Waals surface area contributed by atoms with Crippen molar-refractivity contribution in [2.24, 2.45) is 0 Å². The van der Waals surface area contributed by atoms with Gasteiger partial charge in [0.25, 0.3) is 5.56 Å². The quantitative estimate of drug-likeness (QED) is 0.757. The van der Waals surface area contributed by atoms with Crippen LogP contribution in [0.5, 0.6) is 5.75 Å². The third-order valence-corrected chi connectivity index (χ3v) is 4.06. The van der Waals surface area contributed by atoms with Crippen molar-refractivity contribution in [3.05, 3.63) is 28.7 Å². The first-order valence-corrected chi connectivity index (χ1v) is 7.78. The molecule has 0 N–H and O–H groups in total. The Balaban J connectivity index is 1.90. The van der Waals surface area contributed by atoms with Gasteiger partial charge in [-0.15, -0.1) is 0 Å². The molecule has 23 heavy (non-hydrogen) atoms. The number of hydrogen-bond acceptors (Lipinski definition) is 4. The van der Waals surface area contributed by atoms with Gasteiger partial charge in [0.05, 0.1) is 7.11 Å². The standard InChI is InChI=1S/C16H23N3O4/c1-17(10-11-18-8-4-3-7-14(18)20)15(21)12-19-9-5-6-13(23-2)16(19)22/h5-6,9H,3-4,7-8,10-12H2,1-2H3. The van der Waals surface area contributed by atoms with Crippen LogP contribution in [0.25, 0.3) is 0 Å². The van der Waals surface area contributed by atoms with Gasteiger partial charge >= 0.3 is 0 Å². The molecule has 1 aliphatic heterocycles. The first kappa shape index (κ1) is 17.1. The van der Waals surface area contributed by atoms with Crippen LogP contribution < -0.4 is 10.3 Å². The number of piperidine rings is 1. The number of carbonyl (C=O) groups is 2. The van der Waals surface area contributed by atoms with Crippen molar-refractivity contribution in [1.82, 2.24) is 14.4 Å². The zero-order valence-electron chi connectivity index (χ0n) is 13.7. The van der Waals surface area contributed by atoms with Crippen LogP contribution in [-0.2, 0) is 16.1 Å². The van der Waals surface area contributed by atoms with E-state index in [1.807, 2.05) is 0 Å². The van der Waals surface area contributed by atoms with Crippen molar-refractivity contribution in [3.8, 4) is 5.75 Å². The second-order valence-corrected chi connectivity index (χ2v) is 5.66.